The first-order chi connectivity index (χ1) is 16.2. The lowest BCUT2D eigenvalue weighted by atomic mass is 10.1. The van der Waals surface area contributed by atoms with Gasteiger partial charge in [-0.1, -0.05) is 6.07 Å². The zero-order valence-electron chi connectivity index (χ0n) is 17.6. The van der Waals surface area contributed by atoms with Gasteiger partial charge in [0.25, 0.3) is 21.6 Å². The number of nitro groups is 1. The summed E-state index contributed by atoms with van der Waals surface area (Å²) in [4.78, 5) is 22.8. The fraction of sp³-hybridized carbons (Fsp3) is 0.136. The Morgan fingerprint density at radius 1 is 1.18 bits per heavy atom. The number of nitro benzene ring substituents is 1. The van der Waals surface area contributed by atoms with Crippen LogP contribution in [0.4, 0.5) is 15.8 Å². The molecule has 0 bridgehead atoms. The summed E-state index contributed by atoms with van der Waals surface area (Å²) in [6.07, 6.45) is 0. The lowest BCUT2D eigenvalue weighted by Gasteiger charge is -2.13. The predicted octanol–water partition coefficient (Wildman–Crippen LogP) is 3.41. The monoisotopic (exact) mass is 487 g/mol. The van der Waals surface area contributed by atoms with Crippen molar-refractivity contribution in [3.8, 4) is 11.5 Å². The molecular weight excluding hydrogens is 469 g/mol. The normalized spacial score (nSPS) is 14.6. The largest absolute Gasteiger partial charge is 0.495 e. The molecule has 0 saturated heterocycles. The number of nitrogens with zero attached hydrogens (tertiary/aromatic N) is 1. The van der Waals surface area contributed by atoms with Crippen molar-refractivity contribution in [2.45, 2.75) is 10.9 Å². The van der Waals surface area contributed by atoms with Crippen molar-refractivity contribution in [1.29, 1.82) is 0 Å². The summed E-state index contributed by atoms with van der Waals surface area (Å²) in [5.41, 5.74) is -0.0262. The Labute approximate surface area is 193 Å². The number of methoxy groups -OCH3 is 1. The summed E-state index contributed by atoms with van der Waals surface area (Å²) in [7, 11) is -2.86. The maximum Gasteiger partial charge on any atom is 0.271 e. The van der Waals surface area contributed by atoms with Crippen LogP contribution in [0.1, 0.15) is 22.0 Å². The Bertz CT molecular complexity index is 1380. The van der Waals surface area contributed by atoms with E-state index in [2.05, 4.69) is 10.0 Å². The molecule has 3 aromatic rings. The molecule has 1 aliphatic rings. The van der Waals surface area contributed by atoms with Crippen LogP contribution >= 0.6 is 0 Å². The first-order valence-corrected chi connectivity index (χ1v) is 11.4. The average molecular weight is 487 g/mol. The third-order valence-electron chi connectivity index (χ3n) is 5.14. The van der Waals surface area contributed by atoms with Crippen LogP contribution in [0.2, 0.25) is 0 Å². The zero-order valence-corrected chi connectivity index (χ0v) is 18.5. The lowest BCUT2D eigenvalue weighted by Crippen LogP contribution is -2.29. The molecule has 176 valence electrons. The Balaban J connectivity index is 1.51. The molecule has 1 amide bonds. The Morgan fingerprint density at radius 3 is 2.59 bits per heavy atom. The Morgan fingerprint density at radius 2 is 1.91 bits per heavy atom. The molecule has 1 heterocycles. The van der Waals surface area contributed by atoms with Crippen molar-refractivity contribution in [3.05, 3.63) is 87.7 Å². The number of carbonyl (C=O) groups is 1. The first-order valence-electron chi connectivity index (χ1n) is 9.87. The molecule has 1 atom stereocenters. The van der Waals surface area contributed by atoms with Gasteiger partial charge in [0.2, 0.25) is 0 Å². The third kappa shape index (κ3) is 4.48. The van der Waals surface area contributed by atoms with E-state index in [-0.39, 0.29) is 39.8 Å². The first kappa shape index (κ1) is 23.0. The lowest BCUT2D eigenvalue weighted by molar-refractivity contribution is -0.384. The molecule has 0 fully saturated rings. The summed E-state index contributed by atoms with van der Waals surface area (Å²) >= 11 is 0. The van der Waals surface area contributed by atoms with Crippen LogP contribution in [-0.2, 0) is 10.0 Å². The van der Waals surface area contributed by atoms with Gasteiger partial charge in [-0.05, 0) is 42.5 Å². The number of benzene rings is 3. The highest BCUT2D eigenvalue weighted by Gasteiger charge is 2.29. The predicted molar refractivity (Wildman–Crippen MR) is 119 cm³/mol. The zero-order chi connectivity index (χ0) is 24.5. The highest BCUT2D eigenvalue weighted by Crippen LogP contribution is 2.34. The van der Waals surface area contributed by atoms with E-state index in [0.717, 1.165) is 6.07 Å². The van der Waals surface area contributed by atoms with Gasteiger partial charge in [-0.15, -0.1) is 0 Å². The van der Waals surface area contributed by atoms with E-state index in [1.807, 2.05) is 0 Å². The second kappa shape index (κ2) is 8.98. The van der Waals surface area contributed by atoms with E-state index in [1.54, 1.807) is 6.07 Å². The van der Waals surface area contributed by atoms with E-state index in [1.165, 1.54) is 55.6 Å². The topological polar surface area (TPSA) is 137 Å². The number of non-ortho nitro benzene ring substituents is 1. The van der Waals surface area contributed by atoms with Crippen molar-refractivity contribution in [2.24, 2.45) is 0 Å². The van der Waals surface area contributed by atoms with Crippen molar-refractivity contribution in [1.82, 2.24) is 5.32 Å². The molecular formula is C22H18FN3O7S. The van der Waals surface area contributed by atoms with Gasteiger partial charge in [0.05, 0.1) is 34.2 Å². The second-order valence-electron chi connectivity index (χ2n) is 7.26. The highest BCUT2D eigenvalue weighted by atomic mass is 32.2. The van der Waals surface area contributed by atoms with Crippen LogP contribution < -0.4 is 19.5 Å². The van der Waals surface area contributed by atoms with Gasteiger partial charge in [0.1, 0.15) is 23.9 Å². The molecule has 4 rings (SSSR count). The minimum absolute atomic E-state index is 0.0729. The number of anilines is 1. The van der Waals surface area contributed by atoms with Crippen molar-refractivity contribution in [3.63, 3.8) is 0 Å². The van der Waals surface area contributed by atoms with Crippen LogP contribution in [0, 0.1) is 15.9 Å². The van der Waals surface area contributed by atoms with Gasteiger partial charge in [0.15, 0.2) is 0 Å². The minimum Gasteiger partial charge on any atom is -0.495 e. The number of sulfonamides is 1. The van der Waals surface area contributed by atoms with Crippen LogP contribution in [0.25, 0.3) is 0 Å². The maximum absolute atomic E-state index is 14.1. The molecule has 2 N–H and O–H groups in total. The Hall–Kier alpha value is -4.19. The second-order valence-corrected chi connectivity index (χ2v) is 8.94. The number of ether oxygens (including phenoxy) is 2. The van der Waals surface area contributed by atoms with E-state index in [4.69, 9.17) is 9.47 Å². The van der Waals surface area contributed by atoms with Gasteiger partial charge in [0, 0.05) is 17.7 Å². The molecule has 3 aromatic carbocycles. The number of hydrogen-bond acceptors (Lipinski definition) is 7. The molecule has 1 unspecified atom stereocenters. The van der Waals surface area contributed by atoms with Crippen LogP contribution in [0.5, 0.6) is 11.5 Å². The molecule has 0 aromatic heterocycles. The van der Waals surface area contributed by atoms with Crippen LogP contribution in [0.3, 0.4) is 0 Å². The molecule has 12 heteroatoms. The maximum atomic E-state index is 14.1. The molecule has 0 saturated carbocycles. The average Bonchev–Trinajstić information content (AvgIpc) is 3.22. The quantitative estimate of drug-likeness (QED) is 0.385. The molecule has 1 aliphatic heterocycles. The number of amides is 1. The summed E-state index contributed by atoms with van der Waals surface area (Å²) in [5, 5.41) is 13.7. The molecule has 0 aliphatic carbocycles. The SMILES string of the molecule is COc1ccc([N+](=O)[O-])cc1NS(=O)(=O)c1ccc(C(=O)NC2COc3cccc(F)c32)cc1. The van der Waals surface area contributed by atoms with Crippen LogP contribution in [0.15, 0.2) is 65.6 Å². The van der Waals surface area contributed by atoms with Crippen LogP contribution in [-0.4, -0.2) is 33.0 Å². The number of hydrogen-bond donors (Lipinski definition) is 2. The highest BCUT2D eigenvalue weighted by molar-refractivity contribution is 7.92. The summed E-state index contributed by atoms with van der Waals surface area (Å²) in [6.45, 7) is 0.0729. The number of fused-ring (bicyclic) bond motifs is 1. The van der Waals surface area contributed by atoms with Crippen molar-refractivity contribution >= 4 is 27.3 Å². The van der Waals surface area contributed by atoms with Crippen molar-refractivity contribution in [2.75, 3.05) is 18.4 Å². The summed E-state index contributed by atoms with van der Waals surface area (Å²) < 4.78 is 52.4. The standard InChI is InChI=1S/C22H18FN3O7S/c1-32-19-10-7-14(26(28)29)11-17(19)25-34(30,31)15-8-5-13(6-9-15)22(27)24-18-12-33-20-4-2-3-16(23)21(18)20/h2-11,18,25H,12H2,1H3,(H,24,27). The number of rotatable bonds is 7. The Kier molecular flexibility index (Phi) is 6.07. The van der Waals surface area contributed by atoms with Gasteiger partial charge in [-0.25, -0.2) is 12.8 Å². The van der Waals surface area contributed by atoms with Gasteiger partial charge >= 0.3 is 0 Å². The van der Waals surface area contributed by atoms with Gasteiger partial charge in [-0.2, -0.15) is 0 Å². The summed E-state index contributed by atoms with van der Waals surface area (Å²) in [5.74, 6) is -0.586. The van der Waals surface area contributed by atoms with E-state index < -0.39 is 32.7 Å². The van der Waals surface area contributed by atoms with Gasteiger partial charge in [-0.3, -0.25) is 19.6 Å². The number of carbonyl (C=O) groups excluding carboxylic acids is 1. The van der Waals surface area contributed by atoms with E-state index in [0.29, 0.717) is 5.75 Å². The summed E-state index contributed by atoms with van der Waals surface area (Å²) in [6, 6.07) is 12.2. The molecule has 34 heavy (non-hydrogen) atoms. The molecule has 0 radical (unpaired) electrons. The number of halogens is 1. The van der Waals surface area contributed by atoms with E-state index >= 15 is 0 Å². The fourth-order valence-electron chi connectivity index (χ4n) is 3.47. The smallest absolute Gasteiger partial charge is 0.271 e. The third-order valence-corrected chi connectivity index (χ3v) is 6.52. The van der Waals surface area contributed by atoms with Gasteiger partial charge < -0.3 is 14.8 Å². The fourth-order valence-corrected chi connectivity index (χ4v) is 4.53. The van der Waals surface area contributed by atoms with E-state index in [9.17, 15) is 27.7 Å². The number of nitrogens with one attached hydrogen (secondary N) is 2. The molecule has 0 spiro atoms. The van der Waals surface area contributed by atoms with Crippen molar-refractivity contribution < 1.29 is 32.0 Å². The molecule has 10 nitrogen and oxygen atoms in total. The minimum atomic E-state index is -4.15.